The molecule has 0 fully saturated rings. The lowest BCUT2D eigenvalue weighted by Crippen LogP contribution is -2.28. The average molecular weight is 476 g/mol. The Balaban J connectivity index is 2.17. The zero-order valence-electron chi connectivity index (χ0n) is 19.7. The Morgan fingerprint density at radius 2 is 1.69 bits per heavy atom. The number of phenols is 1. The Bertz CT molecular complexity index is 1440. The smallest absolute Gasteiger partial charge is 0.355 e. The monoisotopic (exact) mass is 476 g/mol. The minimum Gasteiger partial charge on any atom is -0.508 e. The third kappa shape index (κ3) is 4.23. The molecule has 0 amide bonds. The van der Waals surface area contributed by atoms with Crippen molar-refractivity contribution in [1.29, 1.82) is 0 Å². The van der Waals surface area contributed by atoms with Crippen molar-refractivity contribution in [2.45, 2.75) is 6.54 Å². The maximum absolute atomic E-state index is 13.6. The van der Waals surface area contributed by atoms with Crippen molar-refractivity contribution in [2.75, 3.05) is 28.4 Å². The second-order valence-corrected chi connectivity index (χ2v) is 7.61. The maximum Gasteiger partial charge on any atom is 0.355 e. The minimum atomic E-state index is -0.704. The van der Waals surface area contributed by atoms with Crippen LogP contribution in [0.3, 0.4) is 0 Å². The third-order valence-corrected chi connectivity index (χ3v) is 5.65. The van der Waals surface area contributed by atoms with Gasteiger partial charge in [-0.2, -0.15) is 0 Å². The quantitative estimate of drug-likeness (QED) is 0.403. The molecule has 0 unspecified atom stereocenters. The third-order valence-electron chi connectivity index (χ3n) is 5.65. The fraction of sp³-hybridized carbons (Fsp3) is 0.192. The van der Waals surface area contributed by atoms with Crippen LogP contribution in [0.4, 0.5) is 0 Å². The summed E-state index contributed by atoms with van der Waals surface area (Å²) in [7, 11) is 5.72. The molecule has 9 heteroatoms. The van der Waals surface area contributed by atoms with Gasteiger partial charge in [0.15, 0.2) is 11.5 Å². The summed E-state index contributed by atoms with van der Waals surface area (Å²) in [6.07, 6.45) is 3.23. The van der Waals surface area contributed by atoms with Crippen molar-refractivity contribution in [3.8, 4) is 34.1 Å². The van der Waals surface area contributed by atoms with Gasteiger partial charge in [-0.15, -0.1) is 0 Å². The minimum absolute atomic E-state index is 0.0359. The molecule has 2 aromatic carbocycles. The van der Waals surface area contributed by atoms with E-state index in [1.807, 2.05) is 0 Å². The highest BCUT2D eigenvalue weighted by Crippen LogP contribution is 2.43. The van der Waals surface area contributed by atoms with Crippen LogP contribution >= 0.6 is 0 Å². The molecule has 0 bridgehead atoms. The van der Waals surface area contributed by atoms with Crippen molar-refractivity contribution in [3.63, 3.8) is 0 Å². The number of rotatable bonds is 7. The summed E-state index contributed by atoms with van der Waals surface area (Å²) < 4.78 is 22.9. The SMILES string of the molecule is COC(=O)c1c(-c2cc(OC)c(OC)c(OC)c2)c2ccc(O)cc2c(=O)n1Cc1cccnc1. The van der Waals surface area contributed by atoms with Crippen molar-refractivity contribution >= 4 is 16.7 Å². The van der Waals surface area contributed by atoms with Gasteiger partial charge in [0.25, 0.3) is 5.56 Å². The number of pyridine rings is 2. The van der Waals surface area contributed by atoms with E-state index in [2.05, 4.69) is 4.98 Å². The number of esters is 1. The molecule has 35 heavy (non-hydrogen) atoms. The van der Waals surface area contributed by atoms with Crippen LogP contribution in [0.2, 0.25) is 0 Å². The van der Waals surface area contributed by atoms with Gasteiger partial charge < -0.3 is 24.1 Å². The Morgan fingerprint density at radius 3 is 2.26 bits per heavy atom. The van der Waals surface area contributed by atoms with Crippen LogP contribution in [0, 0.1) is 0 Å². The Kier molecular flexibility index (Phi) is 6.59. The molecule has 2 heterocycles. The summed E-state index contributed by atoms with van der Waals surface area (Å²) in [5.41, 5.74) is 1.21. The molecule has 0 aliphatic carbocycles. The van der Waals surface area contributed by atoms with Gasteiger partial charge in [0.2, 0.25) is 5.75 Å². The van der Waals surface area contributed by atoms with Crippen molar-refractivity contribution in [1.82, 2.24) is 9.55 Å². The molecule has 0 atom stereocenters. The lowest BCUT2D eigenvalue weighted by Gasteiger charge is -2.20. The Morgan fingerprint density at radius 1 is 0.971 bits per heavy atom. The molecule has 9 nitrogen and oxygen atoms in total. The topological polar surface area (TPSA) is 109 Å². The van der Waals surface area contributed by atoms with E-state index in [9.17, 15) is 14.7 Å². The molecule has 4 aromatic rings. The molecule has 180 valence electrons. The number of methoxy groups -OCH3 is 4. The van der Waals surface area contributed by atoms with Gasteiger partial charge >= 0.3 is 5.97 Å². The first-order valence-electron chi connectivity index (χ1n) is 10.6. The molecule has 0 aliphatic rings. The molecule has 1 N–H and O–H groups in total. The number of nitrogens with zero attached hydrogens (tertiary/aromatic N) is 2. The number of aromatic nitrogens is 2. The first kappa shape index (κ1) is 23.6. The second kappa shape index (κ2) is 9.76. The van der Waals surface area contributed by atoms with Gasteiger partial charge in [-0.1, -0.05) is 6.07 Å². The number of hydrogen-bond donors (Lipinski definition) is 1. The van der Waals surface area contributed by atoms with Crippen LogP contribution < -0.4 is 19.8 Å². The summed E-state index contributed by atoms with van der Waals surface area (Å²) in [6.45, 7) is 0.0557. The van der Waals surface area contributed by atoms with Gasteiger partial charge in [0, 0.05) is 18.0 Å². The lowest BCUT2D eigenvalue weighted by atomic mass is 9.95. The predicted octanol–water partition coefficient (Wildman–Crippen LogP) is 3.63. The lowest BCUT2D eigenvalue weighted by molar-refractivity contribution is 0.0588. The van der Waals surface area contributed by atoms with E-state index in [0.717, 1.165) is 0 Å². The summed E-state index contributed by atoms with van der Waals surface area (Å²) in [6, 6.07) is 11.3. The highest BCUT2D eigenvalue weighted by Gasteiger charge is 2.26. The first-order valence-corrected chi connectivity index (χ1v) is 10.6. The van der Waals surface area contributed by atoms with Crippen LogP contribution in [-0.4, -0.2) is 49.1 Å². The van der Waals surface area contributed by atoms with Crippen LogP contribution in [-0.2, 0) is 11.3 Å². The zero-order valence-corrected chi connectivity index (χ0v) is 19.7. The van der Waals surface area contributed by atoms with E-state index in [4.69, 9.17) is 18.9 Å². The van der Waals surface area contributed by atoms with Crippen molar-refractivity contribution in [3.05, 3.63) is 76.5 Å². The van der Waals surface area contributed by atoms with Crippen LogP contribution in [0.1, 0.15) is 16.1 Å². The van der Waals surface area contributed by atoms with Gasteiger partial charge in [-0.25, -0.2) is 4.79 Å². The number of hydrogen-bond acceptors (Lipinski definition) is 8. The van der Waals surface area contributed by atoms with E-state index >= 15 is 0 Å². The van der Waals surface area contributed by atoms with Crippen LogP contribution in [0.15, 0.2) is 59.7 Å². The van der Waals surface area contributed by atoms with Gasteiger partial charge in [0.1, 0.15) is 11.4 Å². The molecular weight excluding hydrogens is 452 g/mol. The fourth-order valence-electron chi connectivity index (χ4n) is 4.09. The second-order valence-electron chi connectivity index (χ2n) is 7.61. The average Bonchev–Trinajstić information content (AvgIpc) is 2.89. The molecule has 0 spiro atoms. The highest BCUT2D eigenvalue weighted by atomic mass is 16.5. The molecule has 0 saturated heterocycles. The zero-order chi connectivity index (χ0) is 25.1. The highest BCUT2D eigenvalue weighted by molar-refractivity contribution is 6.07. The Labute approximate surface area is 201 Å². The van der Waals surface area contributed by atoms with E-state index in [0.29, 0.717) is 39.3 Å². The first-order chi connectivity index (χ1) is 16.9. The largest absolute Gasteiger partial charge is 0.508 e. The number of carbonyl (C=O) groups excluding carboxylic acids is 1. The summed E-state index contributed by atoms with van der Waals surface area (Å²) in [5.74, 6) is 0.335. The Hall–Kier alpha value is -4.53. The van der Waals surface area contributed by atoms with E-state index < -0.39 is 11.5 Å². The summed E-state index contributed by atoms with van der Waals surface area (Å²) in [4.78, 5) is 30.9. The number of ether oxygens (including phenoxy) is 4. The van der Waals surface area contributed by atoms with Gasteiger partial charge in [0.05, 0.1) is 40.4 Å². The van der Waals surface area contributed by atoms with Gasteiger partial charge in [-0.3, -0.25) is 14.3 Å². The van der Waals surface area contributed by atoms with Crippen LogP contribution in [0.25, 0.3) is 21.9 Å². The summed E-state index contributed by atoms with van der Waals surface area (Å²) >= 11 is 0. The van der Waals surface area contributed by atoms with Crippen LogP contribution in [0.5, 0.6) is 23.0 Å². The molecule has 4 rings (SSSR count). The fourth-order valence-corrected chi connectivity index (χ4v) is 4.09. The molecule has 0 aliphatic heterocycles. The number of carbonyl (C=O) groups is 1. The van der Waals surface area contributed by atoms with E-state index in [1.54, 1.807) is 42.7 Å². The van der Waals surface area contributed by atoms with E-state index in [1.165, 1.54) is 45.1 Å². The maximum atomic E-state index is 13.6. The predicted molar refractivity (Wildman–Crippen MR) is 130 cm³/mol. The standard InChI is InChI=1S/C26H24N2O7/c1-32-20-10-16(11-21(33-2)24(20)34-3)22-18-8-7-17(29)12-19(18)25(30)28(23(22)26(31)35-4)14-15-6-5-9-27-13-15/h5-13,29H,14H2,1-4H3. The van der Waals surface area contributed by atoms with Crippen molar-refractivity contribution in [2.24, 2.45) is 0 Å². The number of fused-ring (bicyclic) bond motifs is 1. The molecule has 0 radical (unpaired) electrons. The number of aromatic hydroxyl groups is 1. The number of benzene rings is 2. The molecule has 0 saturated carbocycles. The van der Waals surface area contributed by atoms with Gasteiger partial charge in [-0.05, 0) is 52.9 Å². The van der Waals surface area contributed by atoms with Crippen molar-refractivity contribution < 1.29 is 28.8 Å². The summed E-state index contributed by atoms with van der Waals surface area (Å²) in [5, 5.41) is 10.8. The number of phenolic OH excluding ortho intramolecular Hbond substituents is 1. The van der Waals surface area contributed by atoms with E-state index in [-0.39, 0.29) is 23.4 Å². The normalized spacial score (nSPS) is 10.7. The molecular formula is C26H24N2O7. The molecule has 2 aromatic heterocycles.